The maximum Gasteiger partial charge on any atom is 0.251 e. The minimum absolute atomic E-state index is 0.0744. The van der Waals surface area contributed by atoms with Gasteiger partial charge in [-0.2, -0.15) is 0 Å². The van der Waals surface area contributed by atoms with Crippen molar-refractivity contribution in [1.82, 2.24) is 5.32 Å². The number of benzene rings is 2. The number of hydrogen-bond acceptors (Lipinski definition) is 10. The molecule has 6 atom stereocenters. The Kier molecular flexibility index (Phi) is 6.92. The number of amides is 2. The minimum Gasteiger partial charge on any atom is -0.507 e. The standard InChI is InChI=1S/C30H32N4O8/c1-33(2)15-7-5-13(6-8-15)29(41)32-23-17-12-14-11-16-18(34(3)4)9-10-19(35)21(16)24(36)20(14)26(38)30(17,42)27(39)22(25(23)37)28(31)40/h5-10,14,17,20,22-23,35,42H,11-12H2,1-4H3,(H2,31,40)(H,32,41)/t14-,17-,20?,22?,23?,30-/m0/s1. The van der Waals surface area contributed by atoms with E-state index in [1.54, 1.807) is 37.2 Å². The lowest BCUT2D eigenvalue weighted by Crippen LogP contribution is -2.74. The molecule has 0 aromatic heterocycles. The first-order valence-electron chi connectivity index (χ1n) is 13.5. The molecule has 2 saturated carbocycles. The van der Waals surface area contributed by atoms with Gasteiger partial charge >= 0.3 is 0 Å². The maximum absolute atomic E-state index is 14.0. The summed E-state index contributed by atoms with van der Waals surface area (Å²) >= 11 is 0. The van der Waals surface area contributed by atoms with Crippen molar-refractivity contribution >= 4 is 46.3 Å². The molecule has 5 N–H and O–H groups in total. The van der Waals surface area contributed by atoms with Crippen molar-refractivity contribution in [2.75, 3.05) is 38.0 Å². The lowest BCUT2D eigenvalue weighted by Gasteiger charge is -2.51. The Balaban J connectivity index is 1.58. The van der Waals surface area contributed by atoms with Gasteiger partial charge in [-0.15, -0.1) is 0 Å². The summed E-state index contributed by atoms with van der Waals surface area (Å²) in [5.41, 5.74) is 4.48. The summed E-state index contributed by atoms with van der Waals surface area (Å²) in [4.78, 5) is 83.9. The highest BCUT2D eigenvalue weighted by Crippen LogP contribution is 2.51. The average molecular weight is 577 g/mol. The van der Waals surface area contributed by atoms with E-state index in [1.165, 1.54) is 18.2 Å². The zero-order chi connectivity index (χ0) is 30.8. The van der Waals surface area contributed by atoms with Gasteiger partial charge in [0.1, 0.15) is 5.75 Å². The van der Waals surface area contributed by atoms with Crippen LogP contribution in [-0.2, 0) is 25.6 Å². The summed E-state index contributed by atoms with van der Waals surface area (Å²) in [5, 5.41) is 24.9. The van der Waals surface area contributed by atoms with Gasteiger partial charge in [0.05, 0.1) is 17.5 Å². The molecular formula is C30H32N4O8. The van der Waals surface area contributed by atoms with Crippen molar-refractivity contribution in [2.24, 2.45) is 29.4 Å². The predicted octanol–water partition coefficient (Wildman–Crippen LogP) is -0.133. The molecule has 3 unspecified atom stereocenters. The normalized spacial score (nSPS) is 28.4. The Hall–Kier alpha value is -4.58. The highest BCUT2D eigenvalue weighted by molar-refractivity contribution is 6.32. The minimum atomic E-state index is -2.94. The number of phenols is 1. The van der Waals surface area contributed by atoms with Crippen LogP contribution in [0.25, 0.3) is 0 Å². The number of phenolic OH excluding ortho intramolecular Hbond substituents is 1. The monoisotopic (exact) mass is 576 g/mol. The smallest absolute Gasteiger partial charge is 0.251 e. The number of primary amides is 1. The van der Waals surface area contributed by atoms with Crippen molar-refractivity contribution in [1.29, 1.82) is 0 Å². The van der Waals surface area contributed by atoms with Crippen LogP contribution in [0.1, 0.15) is 32.7 Å². The molecule has 0 aliphatic heterocycles. The van der Waals surface area contributed by atoms with E-state index in [-0.39, 0.29) is 29.7 Å². The molecular weight excluding hydrogens is 544 g/mol. The van der Waals surface area contributed by atoms with Gasteiger partial charge in [0.15, 0.2) is 34.7 Å². The van der Waals surface area contributed by atoms with Crippen LogP contribution < -0.4 is 20.9 Å². The van der Waals surface area contributed by atoms with E-state index < -0.39 is 70.3 Å². The van der Waals surface area contributed by atoms with Crippen LogP contribution in [0.15, 0.2) is 36.4 Å². The maximum atomic E-state index is 14.0. The zero-order valence-corrected chi connectivity index (χ0v) is 23.6. The van der Waals surface area contributed by atoms with E-state index in [0.717, 1.165) is 5.69 Å². The molecule has 0 bridgehead atoms. The molecule has 12 heteroatoms. The van der Waals surface area contributed by atoms with E-state index in [1.807, 2.05) is 19.0 Å². The van der Waals surface area contributed by atoms with Gasteiger partial charge in [0, 0.05) is 51.0 Å². The summed E-state index contributed by atoms with van der Waals surface area (Å²) in [6.45, 7) is 0. The number of Topliss-reactive ketones (excluding diaryl/α,β-unsaturated/α-hetero) is 4. The van der Waals surface area contributed by atoms with E-state index in [4.69, 9.17) is 5.73 Å². The lowest BCUT2D eigenvalue weighted by molar-refractivity contribution is -0.178. The fourth-order valence-electron chi connectivity index (χ4n) is 6.73. The molecule has 3 aliphatic rings. The van der Waals surface area contributed by atoms with Crippen LogP contribution >= 0.6 is 0 Å². The van der Waals surface area contributed by atoms with Crippen LogP contribution in [0, 0.1) is 23.7 Å². The van der Waals surface area contributed by atoms with Gasteiger partial charge in [0.25, 0.3) is 5.91 Å². The number of carbonyl (C=O) groups is 6. The molecule has 12 nitrogen and oxygen atoms in total. The Morgan fingerprint density at radius 1 is 0.952 bits per heavy atom. The number of ketones is 4. The second-order valence-corrected chi connectivity index (χ2v) is 11.6. The number of rotatable bonds is 5. The molecule has 3 aliphatic carbocycles. The van der Waals surface area contributed by atoms with Crippen molar-refractivity contribution < 1.29 is 39.0 Å². The fourth-order valence-corrected chi connectivity index (χ4v) is 6.73. The highest BCUT2D eigenvalue weighted by Gasteiger charge is 2.69. The van der Waals surface area contributed by atoms with Crippen LogP contribution in [0.4, 0.5) is 11.4 Å². The molecule has 0 saturated heterocycles. The molecule has 42 heavy (non-hydrogen) atoms. The van der Waals surface area contributed by atoms with Crippen molar-refractivity contribution in [3.05, 3.63) is 53.1 Å². The van der Waals surface area contributed by atoms with Crippen LogP contribution in [-0.4, -0.2) is 85.0 Å². The summed E-state index contributed by atoms with van der Waals surface area (Å²) in [7, 11) is 7.16. The summed E-state index contributed by atoms with van der Waals surface area (Å²) in [6.07, 6.45) is -0.0473. The highest BCUT2D eigenvalue weighted by atomic mass is 16.3. The molecule has 0 heterocycles. The van der Waals surface area contributed by atoms with Gasteiger partial charge in [0.2, 0.25) is 5.91 Å². The number of aliphatic hydroxyl groups is 1. The third kappa shape index (κ3) is 4.16. The fraction of sp³-hybridized carbons (Fsp3) is 0.400. The number of carbonyl (C=O) groups excluding carboxylic acids is 6. The SMILES string of the molecule is CN(C)c1ccc(C(=O)NC2C(=O)C(C(N)=O)C(=O)[C@@]3(O)C(=O)C4C(=O)c5c(O)ccc(N(C)C)c5C[C@H]4C[C@@H]23)cc1. The first-order valence-corrected chi connectivity index (χ1v) is 13.5. The van der Waals surface area contributed by atoms with Gasteiger partial charge in [-0.1, -0.05) is 0 Å². The van der Waals surface area contributed by atoms with Gasteiger partial charge in [-0.25, -0.2) is 0 Å². The second kappa shape index (κ2) is 10.1. The molecule has 2 aromatic rings. The molecule has 2 aromatic carbocycles. The molecule has 0 radical (unpaired) electrons. The molecule has 0 spiro atoms. The molecule has 5 rings (SSSR count). The summed E-state index contributed by atoms with van der Waals surface area (Å²) in [5.74, 6) is -12.7. The number of fused-ring (bicyclic) bond motifs is 3. The summed E-state index contributed by atoms with van der Waals surface area (Å²) < 4.78 is 0. The van der Waals surface area contributed by atoms with E-state index in [0.29, 0.717) is 11.3 Å². The van der Waals surface area contributed by atoms with Gasteiger partial charge in [-0.05, 0) is 60.7 Å². The average Bonchev–Trinajstić information content (AvgIpc) is 2.92. The topological polar surface area (TPSA) is 187 Å². The number of nitrogens with zero attached hydrogens (tertiary/aromatic N) is 2. The third-order valence-electron chi connectivity index (χ3n) is 8.81. The number of anilines is 2. The molecule has 220 valence electrons. The third-order valence-corrected chi connectivity index (χ3v) is 8.81. The van der Waals surface area contributed by atoms with E-state index in [9.17, 15) is 39.0 Å². The quantitative estimate of drug-likeness (QED) is 0.349. The largest absolute Gasteiger partial charge is 0.507 e. The molecule has 2 fully saturated rings. The lowest BCUT2D eigenvalue weighted by atomic mass is 9.52. The number of nitrogens with one attached hydrogen (secondary N) is 1. The second-order valence-electron chi connectivity index (χ2n) is 11.6. The number of hydrogen-bond donors (Lipinski definition) is 4. The zero-order valence-electron chi connectivity index (χ0n) is 23.6. The first kappa shape index (κ1) is 28.9. The Morgan fingerprint density at radius 3 is 2.17 bits per heavy atom. The summed E-state index contributed by atoms with van der Waals surface area (Å²) in [6, 6.07) is 7.76. The van der Waals surface area contributed by atoms with E-state index >= 15 is 0 Å². The van der Waals surface area contributed by atoms with Crippen molar-refractivity contribution in [3.8, 4) is 5.75 Å². The van der Waals surface area contributed by atoms with Crippen LogP contribution in [0.2, 0.25) is 0 Å². The number of nitrogens with two attached hydrogens (primary N) is 1. The predicted molar refractivity (Wildman–Crippen MR) is 150 cm³/mol. The van der Waals surface area contributed by atoms with Gasteiger partial charge < -0.3 is 31.1 Å². The first-order chi connectivity index (χ1) is 19.7. The Morgan fingerprint density at radius 2 is 1.60 bits per heavy atom. The van der Waals surface area contributed by atoms with Crippen molar-refractivity contribution in [3.63, 3.8) is 0 Å². The Bertz CT molecular complexity index is 1550. The van der Waals surface area contributed by atoms with E-state index in [2.05, 4.69) is 5.32 Å². The van der Waals surface area contributed by atoms with Gasteiger partial charge in [-0.3, -0.25) is 28.8 Å². The van der Waals surface area contributed by atoms with Crippen molar-refractivity contribution in [2.45, 2.75) is 24.5 Å². The number of aromatic hydroxyl groups is 1. The van der Waals surface area contributed by atoms with Crippen LogP contribution in [0.5, 0.6) is 5.75 Å². The van der Waals surface area contributed by atoms with Crippen LogP contribution in [0.3, 0.4) is 0 Å². The Labute approximate surface area is 241 Å². The molecule has 2 amide bonds.